The average molecular weight is 443 g/mol. The predicted molar refractivity (Wildman–Crippen MR) is 114 cm³/mol. The molecule has 9 heteroatoms. The Morgan fingerprint density at radius 1 is 0.812 bits per heavy atom. The monoisotopic (exact) mass is 443 g/mol. The van der Waals surface area contributed by atoms with E-state index in [-0.39, 0.29) is 24.4 Å². The highest BCUT2D eigenvalue weighted by Crippen LogP contribution is 2.30. The minimum atomic E-state index is -4.52. The molecule has 0 aromatic heterocycles. The topological polar surface area (TPSA) is 90.5 Å². The van der Waals surface area contributed by atoms with Crippen molar-refractivity contribution in [2.24, 2.45) is 0 Å². The van der Waals surface area contributed by atoms with Gasteiger partial charge in [0.2, 0.25) is 0 Å². The van der Waals surface area contributed by atoms with Gasteiger partial charge in [0.15, 0.2) is 0 Å². The van der Waals surface area contributed by atoms with E-state index in [1.165, 1.54) is 24.3 Å². The lowest BCUT2D eigenvalue weighted by molar-refractivity contribution is -0.137. The molecule has 0 saturated heterocycles. The number of benzene rings is 3. The van der Waals surface area contributed by atoms with Gasteiger partial charge >= 0.3 is 12.2 Å². The third-order valence-electron chi connectivity index (χ3n) is 4.46. The molecule has 0 radical (unpaired) electrons. The van der Waals surface area contributed by atoms with E-state index in [2.05, 4.69) is 16.0 Å². The number of urea groups is 1. The molecule has 3 aromatic carbocycles. The standard InChI is InChI=1S/C23H20F3N3O3/c24-23(25,26)18-7-3-9-20(12-18)28-21(31)17-6-2-8-19(11-17)29-22(32)27-13-15-4-1-5-16(10-15)14-30/h1-12,30H,13-14H2,(H,28,31)(H2,27,29,32). The van der Waals surface area contributed by atoms with Crippen molar-refractivity contribution in [2.75, 3.05) is 10.6 Å². The van der Waals surface area contributed by atoms with Crippen LogP contribution in [-0.2, 0) is 19.3 Å². The predicted octanol–water partition coefficient (Wildman–Crippen LogP) is 4.77. The van der Waals surface area contributed by atoms with Gasteiger partial charge in [-0.2, -0.15) is 13.2 Å². The summed E-state index contributed by atoms with van der Waals surface area (Å²) in [6.07, 6.45) is -4.52. The summed E-state index contributed by atoms with van der Waals surface area (Å²) in [6.45, 7) is 0.130. The summed E-state index contributed by atoms with van der Waals surface area (Å²) in [6, 6.07) is 16.9. The molecule has 0 unspecified atom stereocenters. The van der Waals surface area contributed by atoms with Crippen LogP contribution in [0.3, 0.4) is 0 Å². The zero-order valence-corrected chi connectivity index (χ0v) is 16.7. The molecule has 0 atom stereocenters. The van der Waals surface area contributed by atoms with Gasteiger partial charge in [0.05, 0.1) is 12.2 Å². The number of alkyl halides is 3. The van der Waals surface area contributed by atoms with E-state index in [0.717, 1.165) is 23.3 Å². The van der Waals surface area contributed by atoms with Gasteiger partial charge in [-0.15, -0.1) is 0 Å². The Morgan fingerprint density at radius 2 is 1.47 bits per heavy atom. The zero-order valence-electron chi connectivity index (χ0n) is 16.7. The number of rotatable bonds is 6. The van der Waals surface area contributed by atoms with Gasteiger partial charge in [-0.25, -0.2) is 4.79 Å². The normalized spacial score (nSPS) is 11.0. The Hall–Kier alpha value is -3.85. The second kappa shape index (κ2) is 9.97. The van der Waals surface area contributed by atoms with Gasteiger partial charge in [0.25, 0.3) is 5.91 Å². The smallest absolute Gasteiger partial charge is 0.392 e. The molecule has 166 valence electrons. The maximum atomic E-state index is 12.8. The van der Waals surface area contributed by atoms with Gasteiger partial charge in [-0.05, 0) is 47.5 Å². The minimum absolute atomic E-state index is 0.00559. The van der Waals surface area contributed by atoms with Gasteiger partial charge in [0, 0.05) is 23.5 Å². The first-order chi connectivity index (χ1) is 15.2. The van der Waals surface area contributed by atoms with E-state index in [1.54, 1.807) is 36.4 Å². The van der Waals surface area contributed by atoms with E-state index in [4.69, 9.17) is 5.11 Å². The molecule has 4 N–H and O–H groups in total. The van der Waals surface area contributed by atoms with Gasteiger partial charge < -0.3 is 21.1 Å². The summed E-state index contributed by atoms with van der Waals surface area (Å²) in [5.41, 5.74) is 1.17. The highest BCUT2D eigenvalue weighted by Gasteiger charge is 2.30. The van der Waals surface area contributed by atoms with Gasteiger partial charge in [-0.3, -0.25) is 4.79 Å². The first-order valence-corrected chi connectivity index (χ1v) is 9.57. The van der Waals surface area contributed by atoms with Crippen molar-refractivity contribution in [1.82, 2.24) is 5.32 Å². The van der Waals surface area contributed by atoms with Crippen molar-refractivity contribution in [3.05, 3.63) is 95.1 Å². The van der Waals surface area contributed by atoms with Crippen LogP contribution in [-0.4, -0.2) is 17.0 Å². The number of aliphatic hydroxyl groups is 1. The van der Waals surface area contributed by atoms with E-state index in [1.807, 2.05) is 0 Å². The Labute approximate surface area is 182 Å². The van der Waals surface area contributed by atoms with E-state index in [9.17, 15) is 22.8 Å². The molecule has 0 fully saturated rings. The van der Waals surface area contributed by atoms with E-state index >= 15 is 0 Å². The molecular formula is C23H20F3N3O3. The Morgan fingerprint density at radius 3 is 2.19 bits per heavy atom. The summed E-state index contributed by atoms with van der Waals surface area (Å²) in [4.78, 5) is 24.6. The van der Waals surface area contributed by atoms with Gasteiger partial charge in [0.1, 0.15) is 0 Å². The number of aliphatic hydroxyl groups excluding tert-OH is 1. The molecule has 0 spiro atoms. The fourth-order valence-electron chi connectivity index (χ4n) is 2.91. The first-order valence-electron chi connectivity index (χ1n) is 9.57. The number of hydrogen-bond donors (Lipinski definition) is 4. The summed E-state index contributed by atoms with van der Waals surface area (Å²) in [7, 11) is 0. The highest BCUT2D eigenvalue weighted by atomic mass is 19.4. The Balaban J connectivity index is 1.61. The second-order valence-corrected chi connectivity index (χ2v) is 6.90. The van der Waals surface area contributed by atoms with Crippen molar-refractivity contribution in [2.45, 2.75) is 19.3 Å². The second-order valence-electron chi connectivity index (χ2n) is 6.90. The van der Waals surface area contributed by atoms with Crippen molar-refractivity contribution in [3.8, 4) is 0 Å². The average Bonchev–Trinajstić information content (AvgIpc) is 2.77. The molecule has 0 saturated carbocycles. The number of halogens is 3. The van der Waals surface area contributed by atoms with Crippen LogP contribution in [0, 0.1) is 0 Å². The van der Waals surface area contributed by atoms with Crippen LogP contribution < -0.4 is 16.0 Å². The SMILES string of the molecule is O=C(NCc1cccc(CO)c1)Nc1cccc(C(=O)Nc2cccc(C(F)(F)F)c2)c1. The van der Waals surface area contributed by atoms with Gasteiger partial charge in [-0.1, -0.05) is 36.4 Å². The van der Waals surface area contributed by atoms with Crippen LogP contribution in [0.2, 0.25) is 0 Å². The van der Waals surface area contributed by atoms with Crippen LogP contribution in [0.25, 0.3) is 0 Å². The zero-order chi connectivity index (χ0) is 23.1. The molecular weight excluding hydrogens is 423 g/mol. The van der Waals surface area contributed by atoms with Crippen molar-refractivity contribution >= 4 is 23.3 Å². The van der Waals surface area contributed by atoms with Crippen LogP contribution in [0.5, 0.6) is 0 Å². The maximum absolute atomic E-state index is 12.8. The first kappa shape index (κ1) is 22.8. The lowest BCUT2D eigenvalue weighted by Crippen LogP contribution is -2.28. The number of carbonyl (C=O) groups is 2. The summed E-state index contributed by atoms with van der Waals surface area (Å²) in [5.74, 6) is -0.616. The largest absolute Gasteiger partial charge is 0.416 e. The molecule has 0 aliphatic heterocycles. The fourth-order valence-corrected chi connectivity index (χ4v) is 2.91. The van der Waals surface area contributed by atoms with Crippen LogP contribution in [0.15, 0.2) is 72.8 Å². The minimum Gasteiger partial charge on any atom is -0.392 e. The number of carbonyl (C=O) groups excluding carboxylic acids is 2. The molecule has 6 nitrogen and oxygen atoms in total. The molecule has 0 heterocycles. The molecule has 0 aliphatic rings. The molecule has 0 aliphatic carbocycles. The quantitative estimate of drug-likeness (QED) is 0.442. The Kier molecular flexibility index (Phi) is 7.11. The van der Waals surface area contributed by atoms with Crippen LogP contribution in [0.4, 0.5) is 29.3 Å². The summed E-state index contributed by atoms with van der Waals surface area (Å²) < 4.78 is 38.5. The molecule has 3 aromatic rings. The van der Waals surface area contributed by atoms with Crippen molar-refractivity contribution < 1.29 is 27.9 Å². The lowest BCUT2D eigenvalue weighted by atomic mass is 10.1. The molecule has 3 amide bonds. The molecule has 0 bridgehead atoms. The molecule has 3 rings (SSSR count). The fraction of sp³-hybridized carbons (Fsp3) is 0.130. The number of nitrogens with one attached hydrogen (secondary N) is 3. The van der Waals surface area contributed by atoms with Crippen molar-refractivity contribution in [3.63, 3.8) is 0 Å². The highest BCUT2D eigenvalue weighted by molar-refractivity contribution is 6.05. The number of anilines is 2. The van der Waals surface area contributed by atoms with E-state index in [0.29, 0.717) is 5.69 Å². The summed E-state index contributed by atoms with van der Waals surface area (Å²) in [5, 5.41) is 16.9. The lowest BCUT2D eigenvalue weighted by Gasteiger charge is -2.11. The Bertz CT molecular complexity index is 1120. The van der Waals surface area contributed by atoms with Crippen LogP contribution in [0.1, 0.15) is 27.0 Å². The third-order valence-corrected chi connectivity index (χ3v) is 4.46. The van der Waals surface area contributed by atoms with Crippen LogP contribution >= 0.6 is 0 Å². The molecule has 32 heavy (non-hydrogen) atoms. The van der Waals surface area contributed by atoms with Crippen molar-refractivity contribution in [1.29, 1.82) is 0 Å². The number of amides is 3. The summed E-state index contributed by atoms with van der Waals surface area (Å²) >= 11 is 0. The van der Waals surface area contributed by atoms with E-state index < -0.39 is 23.7 Å². The maximum Gasteiger partial charge on any atom is 0.416 e. The third kappa shape index (κ3) is 6.32. The number of hydrogen-bond acceptors (Lipinski definition) is 3.